The lowest BCUT2D eigenvalue weighted by molar-refractivity contribution is -0.139. The number of urea groups is 1. The van der Waals surface area contributed by atoms with Crippen LogP contribution < -0.4 is 21.5 Å². The molecule has 0 unspecified atom stereocenters. The lowest BCUT2D eigenvalue weighted by Gasteiger charge is -2.15. The molecule has 0 aliphatic heterocycles. The Labute approximate surface area is 206 Å². The molecule has 0 saturated heterocycles. The van der Waals surface area contributed by atoms with E-state index >= 15 is 0 Å². The van der Waals surface area contributed by atoms with Gasteiger partial charge in [-0.3, -0.25) is 4.79 Å². The Balaban J connectivity index is 1.42. The lowest BCUT2D eigenvalue weighted by atomic mass is 10.1. The largest absolute Gasteiger partial charge is 0.480 e. The number of H-pyrrole nitrogens is 1. The van der Waals surface area contributed by atoms with Crippen LogP contribution in [0, 0.1) is 0 Å². The van der Waals surface area contributed by atoms with Crippen molar-refractivity contribution < 1.29 is 14.7 Å². The first-order chi connectivity index (χ1) is 17.5. The number of pyridine rings is 1. The Bertz CT molecular complexity index is 1440. The summed E-state index contributed by atoms with van der Waals surface area (Å²) >= 11 is 0. The third-order valence-electron chi connectivity index (χ3n) is 5.19. The number of carbonyl (C=O) groups excluding carboxylic acids is 1. The molecule has 36 heavy (non-hydrogen) atoms. The average Bonchev–Trinajstić information content (AvgIpc) is 2.87. The molecule has 1 atom stereocenters. The maximum atomic E-state index is 12.7. The molecular formula is C26H24N6O4. The molecule has 0 fully saturated rings. The summed E-state index contributed by atoms with van der Waals surface area (Å²) < 4.78 is 0. The molecule has 0 aliphatic rings. The summed E-state index contributed by atoms with van der Waals surface area (Å²) in [6.45, 7) is 0.560. The number of anilines is 2. The Morgan fingerprint density at radius 1 is 1.06 bits per heavy atom. The highest BCUT2D eigenvalue weighted by Crippen LogP contribution is 2.13. The van der Waals surface area contributed by atoms with Crippen molar-refractivity contribution in [1.29, 1.82) is 0 Å². The fourth-order valence-electron chi connectivity index (χ4n) is 3.47. The number of para-hydroxylation sites is 1. The smallest absolute Gasteiger partial charge is 0.326 e. The topological polar surface area (TPSA) is 149 Å². The zero-order chi connectivity index (χ0) is 25.3. The van der Waals surface area contributed by atoms with Crippen molar-refractivity contribution in [2.45, 2.75) is 12.5 Å². The van der Waals surface area contributed by atoms with E-state index in [1.165, 1.54) is 0 Å². The second kappa shape index (κ2) is 11.4. The number of hydrogen-bond donors (Lipinski definition) is 5. The first-order valence-electron chi connectivity index (χ1n) is 11.2. The molecule has 4 rings (SSSR count). The zero-order valence-electron chi connectivity index (χ0n) is 19.1. The highest BCUT2D eigenvalue weighted by atomic mass is 16.4. The minimum atomic E-state index is -1.29. The number of amides is 2. The number of carboxylic acid groups (broad SMARTS) is 1. The predicted octanol–water partition coefficient (Wildman–Crippen LogP) is 3.26. The van der Waals surface area contributed by atoms with Crippen LogP contribution in [0.3, 0.4) is 0 Å². The van der Waals surface area contributed by atoms with E-state index in [-0.39, 0.29) is 12.2 Å². The van der Waals surface area contributed by atoms with Gasteiger partial charge in [-0.15, -0.1) is 0 Å². The van der Waals surface area contributed by atoms with Gasteiger partial charge in [-0.2, -0.15) is 0 Å². The van der Waals surface area contributed by atoms with E-state index in [1.807, 2.05) is 36.4 Å². The molecule has 5 N–H and O–H groups in total. The third-order valence-corrected chi connectivity index (χ3v) is 5.19. The molecule has 2 heterocycles. The van der Waals surface area contributed by atoms with E-state index in [9.17, 15) is 19.5 Å². The van der Waals surface area contributed by atoms with E-state index in [0.717, 1.165) is 11.4 Å². The molecule has 182 valence electrons. The molecule has 0 radical (unpaired) electrons. The van der Waals surface area contributed by atoms with Gasteiger partial charge < -0.3 is 26.0 Å². The summed E-state index contributed by atoms with van der Waals surface area (Å²) in [5.74, 6) is -0.330. The van der Waals surface area contributed by atoms with Crippen LogP contribution in [0.1, 0.15) is 11.4 Å². The predicted molar refractivity (Wildman–Crippen MR) is 138 cm³/mol. The molecule has 0 bridgehead atoms. The van der Waals surface area contributed by atoms with Gasteiger partial charge in [0.2, 0.25) is 0 Å². The number of nitrogens with one attached hydrogen (secondary N) is 4. The first-order valence-corrected chi connectivity index (χ1v) is 11.2. The second-order valence-electron chi connectivity index (χ2n) is 7.85. The molecule has 10 nitrogen and oxygen atoms in total. The van der Waals surface area contributed by atoms with Gasteiger partial charge >= 0.3 is 12.0 Å². The van der Waals surface area contributed by atoms with Crippen LogP contribution in [0.25, 0.3) is 17.0 Å². The number of aliphatic carboxylic acids is 1. The number of aromatic amines is 1. The summed E-state index contributed by atoms with van der Waals surface area (Å²) in [6, 6.07) is 17.5. The molecule has 2 amide bonds. The van der Waals surface area contributed by atoms with Crippen LogP contribution in [0.5, 0.6) is 0 Å². The fraction of sp³-hybridized carbons (Fsp3) is 0.115. The van der Waals surface area contributed by atoms with Crippen molar-refractivity contribution in [1.82, 2.24) is 20.3 Å². The molecule has 2 aromatic carbocycles. The van der Waals surface area contributed by atoms with Crippen LogP contribution >= 0.6 is 0 Å². The van der Waals surface area contributed by atoms with E-state index in [1.54, 1.807) is 48.7 Å². The number of rotatable bonds is 9. The summed E-state index contributed by atoms with van der Waals surface area (Å²) in [7, 11) is 0. The van der Waals surface area contributed by atoms with Gasteiger partial charge in [-0.25, -0.2) is 19.6 Å². The van der Waals surface area contributed by atoms with Gasteiger partial charge in [-0.1, -0.05) is 42.5 Å². The van der Waals surface area contributed by atoms with Crippen molar-refractivity contribution in [2.75, 3.05) is 17.2 Å². The molecule has 2 aromatic heterocycles. The minimum Gasteiger partial charge on any atom is -0.480 e. The van der Waals surface area contributed by atoms with E-state index in [0.29, 0.717) is 23.1 Å². The number of fused-ring (bicyclic) bond motifs is 1. The van der Waals surface area contributed by atoms with Gasteiger partial charge in [0.05, 0.1) is 10.9 Å². The molecule has 0 spiro atoms. The second-order valence-corrected chi connectivity index (χ2v) is 7.85. The Hall–Kier alpha value is -4.99. The van der Waals surface area contributed by atoms with E-state index < -0.39 is 23.6 Å². The average molecular weight is 485 g/mol. The molecular weight excluding hydrogens is 460 g/mol. The summed E-state index contributed by atoms with van der Waals surface area (Å²) in [4.78, 5) is 47.9. The maximum absolute atomic E-state index is 12.7. The monoisotopic (exact) mass is 484 g/mol. The van der Waals surface area contributed by atoms with Gasteiger partial charge in [0.25, 0.3) is 5.56 Å². The molecule has 10 heteroatoms. The van der Waals surface area contributed by atoms with Crippen molar-refractivity contribution in [2.24, 2.45) is 0 Å². The third kappa shape index (κ3) is 6.54. The normalized spacial score (nSPS) is 11.8. The van der Waals surface area contributed by atoms with Crippen molar-refractivity contribution in [3.05, 3.63) is 101 Å². The highest BCUT2D eigenvalue weighted by molar-refractivity contribution is 5.92. The summed E-state index contributed by atoms with van der Waals surface area (Å²) in [6.07, 6.45) is 5.30. The Morgan fingerprint density at radius 2 is 1.86 bits per heavy atom. The number of benzene rings is 2. The van der Waals surface area contributed by atoms with E-state index in [4.69, 9.17) is 0 Å². The lowest BCUT2D eigenvalue weighted by Crippen LogP contribution is -2.44. The fourth-order valence-corrected chi connectivity index (χ4v) is 3.47. The maximum Gasteiger partial charge on any atom is 0.326 e. The first kappa shape index (κ1) is 24.1. The summed E-state index contributed by atoms with van der Waals surface area (Å²) in [5, 5.41) is 18.1. The van der Waals surface area contributed by atoms with Crippen molar-refractivity contribution >= 4 is 40.5 Å². The Morgan fingerprint density at radius 3 is 2.61 bits per heavy atom. The van der Waals surface area contributed by atoms with Crippen LogP contribution in [-0.4, -0.2) is 44.6 Å². The van der Waals surface area contributed by atoms with Gasteiger partial charge in [0, 0.05) is 24.8 Å². The van der Waals surface area contributed by atoms with Gasteiger partial charge in [0.15, 0.2) is 0 Å². The highest BCUT2D eigenvalue weighted by Gasteiger charge is 2.22. The van der Waals surface area contributed by atoms with Crippen molar-refractivity contribution in [3.8, 4) is 0 Å². The van der Waals surface area contributed by atoms with Crippen LogP contribution in [-0.2, 0) is 11.2 Å². The van der Waals surface area contributed by atoms with Crippen molar-refractivity contribution in [3.63, 3.8) is 0 Å². The Kier molecular flexibility index (Phi) is 7.66. The minimum absolute atomic E-state index is 0.155. The molecule has 0 aliphatic carbocycles. The molecule has 0 saturated carbocycles. The van der Waals surface area contributed by atoms with Crippen LogP contribution in [0.15, 0.2) is 83.8 Å². The molecule has 4 aromatic rings. The van der Waals surface area contributed by atoms with Gasteiger partial charge in [-0.05, 0) is 42.0 Å². The number of hydrogen-bond acceptors (Lipinski definition) is 6. The SMILES string of the molecule is O=C(Nc1ccccc1)N[C@@H](Cc1nc2ccc(/C=C/CNc3ccccn3)cc2c(=O)[nH]1)C(=O)O. The van der Waals surface area contributed by atoms with Crippen LogP contribution in [0.2, 0.25) is 0 Å². The van der Waals surface area contributed by atoms with Crippen LogP contribution in [0.4, 0.5) is 16.3 Å². The quantitative estimate of drug-likeness (QED) is 0.245. The standard InChI is InChI=1S/C26H24N6O4/c33-24-19-15-17(7-6-14-28-22-10-4-5-13-27-22)11-12-20(19)30-23(32-24)16-21(25(34)35)31-26(36)29-18-8-2-1-3-9-18/h1-13,15,21H,14,16H2,(H,27,28)(H,34,35)(H2,29,31,36)(H,30,32,33)/b7-6+/t21-/m0/s1. The van der Waals surface area contributed by atoms with E-state index in [2.05, 4.69) is 30.9 Å². The number of carbonyl (C=O) groups is 2. The zero-order valence-corrected chi connectivity index (χ0v) is 19.1. The number of carboxylic acids is 1. The number of aromatic nitrogens is 3. The summed E-state index contributed by atoms with van der Waals surface area (Å²) in [5.41, 5.74) is 1.37. The number of nitrogens with zero attached hydrogens (tertiary/aromatic N) is 2. The van der Waals surface area contributed by atoms with Gasteiger partial charge in [0.1, 0.15) is 17.7 Å².